The molecule has 0 bridgehead atoms. The van der Waals surface area contributed by atoms with Gasteiger partial charge in [0, 0.05) is 11.3 Å². The molecule has 0 saturated carbocycles. The van der Waals surface area contributed by atoms with Crippen LogP contribution in [-0.4, -0.2) is 17.9 Å². The number of aryl methyl sites for hydroxylation is 1. The molecule has 2 N–H and O–H groups in total. The van der Waals surface area contributed by atoms with Gasteiger partial charge >= 0.3 is 0 Å². The summed E-state index contributed by atoms with van der Waals surface area (Å²) in [5, 5.41) is 14.6. The lowest BCUT2D eigenvalue weighted by Crippen LogP contribution is -2.44. The van der Waals surface area contributed by atoms with Crippen molar-refractivity contribution in [1.82, 2.24) is 5.32 Å². The van der Waals surface area contributed by atoms with Gasteiger partial charge in [0.1, 0.15) is 6.04 Å². The summed E-state index contributed by atoms with van der Waals surface area (Å²) >= 11 is 0. The Kier molecular flexibility index (Phi) is 6.51. The largest absolute Gasteiger partial charge is 0.340 e. The predicted molar refractivity (Wildman–Crippen MR) is 102 cm³/mol. The van der Waals surface area contributed by atoms with Crippen LogP contribution >= 0.6 is 0 Å². The summed E-state index contributed by atoms with van der Waals surface area (Å²) in [6.45, 7) is 5.85. The van der Waals surface area contributed by atoms with E-state index >= 15 is 0 Å². The highest BCUT2D eigenvalue weighted by Gasteiger charge is 2.23. The molecule has 0 heterocycles. The maximum absolute atomic E-state index is 12.7. The molecule has 5 heteroatoms. The molecule has 2 aromatic carbocycles. The smallest absolute Gasteiger partial charge is 0.252 e. The Morgan fingerprint density at radius 2 is 1.85 bits per heavy atom. The first-order valence-corrected chi connectivity index (χ1v) is 8.58. The fraction of sp³-hybridized carbons (Fsp3) is 0.286. The van der Waals surface area contributed by atoms with Gasteiger partial charge in [-0.2, -0.15) is 5.26 Å². The quantitative estimate of drug-likeness (QED) is 0.835. The van der Waals surface area contributed by atoms with E-state index in [9.17, 15) is 9.59 Å². The highest BCUT2D eigenvalue weighted by atomic mass is 16.2. The molecule has 134 valence electrons. The number of rotatable bonds is 6. The molecule has 0 aromatic heterocycles. The second-order valence-corrected chi connectivity index (χ2v) is 6.65. The van der Waals surface area contributed by atoms with E-state index < -0.39 is 6.04 Å². The lowest BCUT2D eigenvalue weighted by molar-refractivity contribution is -0.118. The molecule has 0 aliphatic heterocycles. The van der Waals surface area contributed by atoms with Crippen LogP contribution in [0.3, 0.4) is 0 Å². The summed E-state index contributed by atoms with van der Waals surface area (Å²) in [5.41, 5.74) is 2.41. The first kappa shape index (κ1) is 19.2. The number of nitriles is 1. The number of hydrogen-bond donors (Lipinski definition) is 2. The molecular formula is C21H23N3O2. The van der Waals surface area contributed by atoms with E-state index in [0.717, 1.165) is 5.56 Å². The molecule has 1 atom stereocenters. The number of carbonyl (C=O) groups is 2. The van der Waals surface area contributed by atoms with Crippen LogP contribution in [0.15, 0.2) is 48.5 Å². The highest BCUT2D eigenvalue weighted by molar-refractivity contribution is 6.01. The summed E-state index contributed by atoms with van der Waals surface area (Å²) < 4.78 is 0. The third-order valence-corrected chi connectivity index (χ3v) is 3.98. The number of amides is 2. The van der Waals surface area contributed by atoms with Gasteiger partial charge in [-0.15, -0.1) is 0 Å². The average Bonchev–Trinajstić information content (AvgIpc) is 2.61. The van der Waals surface area contributed by atoms with Crippen LogP contribution in [0.1, 0.15) is 41.8 Å². The summed E-state index contributed by atoms with van der Waals surface area (Å²) in [7, 11) is 0. The number of nitrogens with one attached hydrogen (secondary N) is 2. The SMILES string of the molecule is Cc1ccccc1C(=O)N[C@@H](CC(C)C)C(=O)Nc1cccc(C#N)c1. The molecule has 0 fully saturated rings. The Bertz CT molecular complexity index is 837. The average molecular weight is 349 g/mol. The van der Waals surface area contributed by atoms with Crippen molar-refractivity contribution in [2.45, 2.75) is 33.2 Å². The van der Waals surface area contributed by atoms with Gasteiger partial charge in [0.2, 0.25) is 5.91 Å². The molecule has 0 radical (unpaired) electrons. The Morgan fingerprint density at radius 3 is 2.50 bits per heavy atom. The fourth-order valence-corrected chi connectivity index (χ4v) is 2.66. The molecule has 0 aliphatic carbocycles. The topological polar surface area (TPSA) is 82.0 Å². The molecule has 26 heavy (non-hydrogen) atoms. The first-order chi connectivity index (χ1) is 12.4. The number of nitrogens with zero attached hydrogens (tertiary/aromatic N) is 1. The minimum atomic E-state index is -0.659. The second-order valence-electron chi connectivity index (χ2n) is 6.65. The minimum absolute atomic E-state index is 0.230. The summed E-state index contributed by atoms with van der Waals surface area (Å²) in [4.78, 5) is 25.3. The maximum Gasteiger partial charge on any atom is 0.252 e. The molecule has 5 nitrogen and oxygen atoms in total. The number of carbonyl (C=O) groups excluding carboxylic acids is 2. The third kappa shape index (κ3) is 5.18. The summed E-state index contributed by atoms with van der Waals surface area (Å²) in [5.74, 6) is -0.334. The molecule has 0 aliphatic rings. The standard InChI is InChI=1S/C21H23N3O2/c1-14(2)11-19(24-20(25)18-10-5-4-7-15(18)3)21(26)23-17-9-6-8-16(12-17)13-22/h4-10,12,14,19H,11H2,1-3H3,(H,23,26)(H,24,25)/t19-/m0/s1. The zero-order valence-electron chi connectivity index (χ0n) is 15.2. The van der Waals surface area contributed by atoms with E-state index in [1.807, 2.05) is 39.0 Å². The van der Waals surface area contributed by atoms with E-state index in [1.165, 1.54) is 0 Å². The predicted octanol–water partition coefficient (Wildman–Crippen LogP) is 3.65. The van der Waals surface area contributed by atoms with Gasteiger partial charge in [0.25, 0.3) is 5.91 Å². The molecule has 0 saturated heterocycles. The van der Waals surface area contributed by atoms with Crippen LogP contribution in [0.4, 0.5) is 5.69 Å². The van der Waals surface area contributed by atoms with Gasteiger partial charge in [-0.25, -0.2) is 0 Å². The van der Waals surface area contributed by atoms with Crippen LogP contribution in [-0.2, 0) is 4.79 Å². The van der Waals surface area contributed by atoms with Crippen LogP contribution in [0.5, 0.6) is 0 Å². The van der Waals surface area contributed by atoms with E-state index in [1.54, 1.807) is 36.4 Å². The van der Waals surface area contributed by atoms with Gasteiger partial charge in [-0.1, -0.05) is 38.1 Å². The van der Waals surface area contributed by atoms with Gasteiger partial charge in [-0.3, -0.25) is 9.59 Å². The van der Waals surface area contributed by atoms with Crippen molar-refractivity contribution in [3.63, 3.8) is 0 Å². The lowest BCUT2D eigenvalue weighted by Gasteiger charge is -2.21. The number of hydrogen-bond acceptors (Lipinski definition) is 3. The van der Waals surface area contributed by atoms with Crippen molar-refractivity contribution in [1.29, 1.82) is 5.26 Å². The van der Waals surface area contributed by atoms with Crippen LogP contribution < -0.4 is 10.6 Å². The third-order valence-electron chi connectivity index (χ3n) is 3.98. The fourth-order valence-electron chi connectivity index (χ4n) is 2.66. The van der Waals surface area contributed by atoms with Crippen molar-refractivity contribution < 1.29 is 9.59 Å². The van der Waals surface area contributed by atoms with Crippen molar-refractivity contribution in [2.75, 3.05) is 5.32 Å². The summed E-state index contributed by atoms with van der Waals surface area (Å²) in [6, 6.07) is 15.3. The number of anilines is 1. The van der Waals surface area contributed by atoms with Crippen LogP contribution in [0.2, 0.25) is 0 Å². The molecular weight excluding hydrogens is 326 g/mol. The van der Waals surface area contributed by atoms with E-state index in [-0.39, 0.29) is 17.7 Å². The lowest BCUT2D eigenvalue weighted by atomic mass is 10.0. The maximum atomic E-state index is 12.7. The molecule has 2 aromatic rings. The van der Waals surface area contributed by atoms with Crippen molar-refractivity contribution in [3.05, 3.63) is 65.2 Å². The Morgan fingerprint density at radius 1 is 1.12 bits per heavy atom. The zero-order valence-corrected chi connectivity index (χ0v) is 15.2. The van der Waals surface area contributed by atoms with Gasteiger partial charge in [0.15, 0.2) is 0 Å². The molecule has 2 amide bonds. The van der Waals surface area contributed by atoms with Gasteiger partial charge < -0.3 is 10.6 Å². The monoisotopic (exact) mass is 349 g/mol. The first-order valence-electron chi connectivity index (χ1n) is 8.58. The highest BCUT2D eigenvalue weighted by Crippen LogP contribution is 2.14. The second kappa shape index (κ2) is 8.82. The van der Waals surface area contributed by atoms with Crippen LogP contribution in [0, 0.1) is 24.2 Å². The van der Waals surface area contributed by atoms with Gasteiger partial charge in [-0.05, 0) is 49.1 Å². The normalized spacial score (nSPS) is 11.5. The van der Waals surface area contributed by atoms with Crippen molar-refractivity contribution in [2.24, 2.45) is 5.92 Å². The van der Waals surface area contributed by atoms with Crippen molar-refractivity contribution in [3.8, 4) is 6.07 Å². The Hall–Kier alpha value is -3.13. The van der Waals surface area contributed by atoms with Crippen molar-refractivity contribution >= 4 is 17.5 Å². The van der Waals surface area contributed by atoms with Crippen LogP contribution in [0.25, 0.3) is 0 Å². The molecule has 0 unspecified atom stereocenters. The zero-order chi connectivity index (χ0) is 19.1. The summed E-state index contributed by atoms with van der Waals surface area (Å²) in [6.07, 6.45) is 0.515. The van der Waals surface area contributed by atoms with E-state index in [4.69, 9.17) is 5.26 Å². The Labute approximate surface area is 154 Å². The molecule has 0 spiro atoms. The van der Waals surface area contributed by atoms with E-state index in [2.05, 4.69) is 10.6 Å². The number of benzene rings is 2. The van der Waals surface area contributed by atoms with Gasteiger partial charge in [0.05, 0.1) is 11.6 Å². The van der Waals surface area contributed by atoms with E-state index in [0.29, 0.717) is 23.2 Å². The molecule has 2 rings (SSSR count). The Balaban J connectivity index is 2.15. The minimum Gasteiger partial charge on any atom is -0.340 e.